The Labute approximate surface area is 81.8 Å². The van der Waals surface area contributed by atoms with E-state index in [0.717, 1.165) is 0 Å². The van der Waals surface area contributed by atoms with Gasteiger partial charge in [-0.1, -0.05) is 18.2 Å². The number of benzene rings is 1. The summed E-state index contributed by atoms with van der Waals surface area (Å²) in [6.45, 7) is 0. The predicted molar refractivity (Wildman–Crippen MR) is 50.2 cm³/mol. The highest BCUT2D eigenvalue weighted by Gasteiger charge is 2.03. The van der Waals surface area contributed by atoms with Crippen molar-refractivity contribution in [3.05, 3.63) is 30.3 Å². The van der Waals surface area contributed by atoms with Crippen molar-refractivity contribution in [1.82, 2.24) is 0 Å². The van der Waals surface area contributed by atoms with Gasteiger partial charge in [0, 0.05) is 0 Å². The van der Waals surface area contributed by atoms with Gasteiger partial charge in [-0.15, -0.1) is 0 Å². The SMILES string of the molecule is NS(=O)(=O)c1ccccc1.OB(O)O. The third-order valence-electron chi connectivity index (χ3n) is 1.07. The van der Waals surface area contributed by atoms with Crippen LogP contribution >= 0.6 is 0 Å². The fraction of sp³-hybridized carbons (Fsp3) is 0. The molecule has 1 aromatic rings. The lowest BCUT2D eigenvalue weighted by Gasteiger charge is -1.93. The van der Waals surface area contributed by atoms with Gasteiger partial charge >= 0.3 is 7.32 Å². The number of hydrogen-bond acceptors (Lipinski definition) is 5. The summed E-state index contributed by atoms with van der Waals surface area (Å²) in [5.74, 6) is 0. The average Bonchev–Trinajstić information content (AvgIpc) is 2.03. The van der Waals surface area contributed by atoms with E-state index in [4.69, 9.17) is 20.2 Å². The van der Waals surface area contributed by atoms with Crippen LogP contribution in [0.1, 0.15) is 0 Å². The molecule has 0 aliphatic heterocycles. The van der Waals surface area contributed by atoms with E-state index in [1.54, 1.807) is 18.2 Å². The Balaban J connectivity index is 0.000000364. The minimum Gasteiger partial charge on any atom is -0.402 e. The van der Waals surface area contributed by atoms with Crippen molar-refractivity contribution < 1.29 is 23.5 Å². The topological polar surface area (TPSA) is 121 Å². The van der Waals surface area contributed by atoms with Gasteiger partial charge in [0.15, 0.2) is 0 Å². The summed E-state index contributed by atoms with van der Waals surface area (Å²) < 4.78 is 21.2. The van der Waals surface area contributed by atoms with Gasteiger partial charge < -0.3 is 15.1 Å². The van der Waals surface area contributed by atoms with Crippen LogP contribution in [-0.4, -0.2) is 30.8 Å². The maximum atomic E-state index is 10.6. The van der Waals surface area contributed by atoms with E-state index < -0.39 is 17.3 Å². The van der Waals surface area contributed by atoms with Crippen molar-refractivity contribution in [2.45, 2.75) is 4.90 Å². The summed E-state index contributed by atoms with van der Waals surface area (Å²) in [4.78, 5) is 0.148. The van der Waals surface area contributed by atoms with Crippen molar-refractivity contribution in [3.63, 3.8) is 0 Å². The molecule has 0 aliphatic rings. The van der Waals surface area contributed by atoms with Gasteiger partial charge in [-0.3, -0.25) is 0 Å². The lowest BCUT2D eigenvalue weighted by molar-refractivity contribution is 0.278. The molecule has 0 saturated heterocycles. The normalized spacial score (nSPS) is 10.0. The van der Waals surface area contributed by atoms with E-state index in [9.17, 15) is 8.42 Å². The van der Waals surface area contributed by atoms with Gasteiger partial charge in [-0.2, -0.15) is 0 Å². The monoisotopic (exact) mass is 219 g/mol. The summed E-state index contributed by atoms with van der Waals surface area (Å²) in [6.07, 6.45) is 0. The van der Waals surface area contributed by atoms with Crippen molar-refractivity contribution in [1.29, 1.82) is 0 Å². The van der Waals surface area contributed by atoms with E-state index in [1.807, 2.05) is 0 Å². The Morgan fingerprint density at radius 1 is 1.07 bits per heavy atom. The van der Waals surface area contributed by atoms with Crippen LogP contribution in [0.5, 0.6) is 0 Å². The van der Waals surface area contributed by atoms with Gasteiger partial charge in [0.2, 0.25) is 10.0 Å². The molecule has 5 N–H and O–H groups in total. The molecule has 0 heterocycles. The fourth-order valence-electron chi connectivity index (χ4n) is 0.610. The zero-order valence-corrected chi connectivity index (χ0v) is 7.92. The van der Waals surface area contributed by atoms with E-state index >= 15 is 0 Å². The van der Waals surface area contributed by atoms with Crippen LogP contribution in [0.4, 0.5) is 0 Å². The second-order valence-corrected chi connectivity index (χ2v) is 3.77. The van der Waals surface area contributed by atoms with Gasteiger partial charge in [0.25, 0.3) is 0 Å². The van der Waals surface area contributed by atoms with Crippen LogP contribution in [0.3, 0.4) is 0 Å². The summed E-state index contributed by atoms with van der Waals surface area (Å²) in [5.41, 5.74) is 0. The molecule has 1 rings (SSSR count). The lowest BCUT2D eigenvalue weighted by atomic mass is 10.3. The smallest absolute Gasteiger partial charge is 0.402 e. The first-order valence-corrected chi connectivity index (χ1v) is 5.00. The Morgan fingerprint density at radius 2 is 1.43 bits per heavy atom. The number of rotatable bonds is 1. The van der Waals surface area contributed by atoms with Crippen LogP contribution < -0.4 is 5.14 Å². The predicted octanol–water partition coefficient (Wildman–Crippen LogP) is -1.72. The maximum absolute atomic E-state index is 10.6. The summed E-state index contributed by atoms with van der Waals surface area (Å²) in [6, 6.07) is 7.89. The molecular weight excluding hydrogens is 209 g/mol. The molecule has 1 aromatic carbocycles. The molecule has 0 bridgehead atoms. The molecule has 78 valence electrons. The molecule has 0 aliphatic carbocycles. The zero-order chi connectivity index (χ0) is 11.2. The van der Waals surface area contributed by atoms with Crippen molar-refractivity contribution in [2.24, 2.45) is 5.14 Å². The van der Waals surface area contributed by atoms with Gasteiger partial charge in [-0.05, 0) is 12.1 Å². The van der Waals surface area contributed by atoms with Crippen molar-refractivity contribution in [2.75, 3.05) is 0 Å². The Bertz CT molecular complexity index is 349. The van der Waals surface area contributed by atoms with Crippen molar-refractivity contribution in [3.8, 4) is 0 Å². The maximum Gasteiger partial charge on any atom is 0.631 e. The lowest BCUT2D eigenvalue weighted by Crippen LogP contribution is -2.11. The highest BCUT2D eigenvalue weighted by atomic mass is 32.2. The third-order valence-corrected chi connectivity index (χ3v) is 2.00. The van der Waals surface area contributed by atoms with Gasteiger partial charge in [0.05, 0.1) is 4.90 Å². The Morgan fingerprint density at radius 3 is 1.64 bits per heavy atom. The molecule has 0 radical (unpaired) electrons. The molecule has 0 spiro atoms. The zero-order valence-electron chi connectivity index (χ0n) is 7.11. The average molecular weight is 219 g/mol. The summed E-state index contributed by atoms with van der Waals surface area (Å²) in [5, 5.41) is 26.3. The number of nitrogens with two attached hydrogens (primary N) is 1. The molecule has 0 saturated carbocycles. The molecule has 0 fully saturated rings. The molecule has 8 heteroatoms. The molecular formula is C6H10BNO5S. The first-order valence-electron chi connectivity index (χ1n) is 3.46. The van der Waals surface area contributed by atoms with E-state index in [1.165, 1.54) is 12.1 Å². The molecule has 0 amide bonds. The highest BCUT2D eigenvalue weighted by Crippen LogP contribution is 2.02. The first kappa shape index (κ1) is 13.1. The van der Waals surface area contributed by atoms with E-state index in [2.05, 4.69) is 0 Å². The van der Waals surface area contributed by atoms with Crippen LogP contribution in [0, 0.1) is 0 Å². The first-order chi connectivity index (χ1) is 6.34. The minimum atomic E-state index is -3.50. The summed E-state index contributed by atoms with van der Waals surface area (Å²) in [7, 11) is -5.67. The number of sulfonamides is 1. The number of primary sulfonamides is 1. The highest BCUT2D eigenvalue weighted by molar-refractivity contribution is 7.89. The van der Waals surface area contributed by atoms with E-state index in [-0.39, 0.29) is 4.90 Å². The molecule has 6 nitrogen and oxygen atoms in total. The Hall–Kier alpha value is -0.925. The molecule has 14 heavy (non-hydrogen) atoms. The van der Waals surface area contributed by atoms with Gasteiger partial charge in [0.1, 0.15) is 0 Å². The third kappa shape index (κ3) is 6.58. The van der Waals surface area contributed by atoms with Crippen LogP contribution in [0.25, 0.3) is 0 Å². The fourth-order valence-corrected chi connectivity index (χ4v) is 1.15. The molecule has 0 unspecified atom stereocenters. The molecule has 0 atom stereocenters. The summed E-state index contributed by atoms with van der Waals surface area (Å²) >= 11 is 0. The quantitative estimate of drug-likeness (QED) is 0.418. The van der Waals surface area contributed by atoms with Crippen LogP contribution in [-0.2, 0) is 10.0 Å². The number of hydrogen-bond donors (Lipinski definition) is 4. The molecule has 0 aromatic heterocycles. The van der Waals surface area contributed by atoms with Crippen LogP contribution in [0.15, 0.2) is 35.2 Å². The van der Waals surface area contributed by atoms with Crippen molar-refractivity contribution >= 4 is 17.3 Å². The Kier molecular flexibility index (Phi) is 5.35. The van der Waals surface area contributed by atoms with Gasteiger partial charge in [-0.25, -0.2) is 13.6 Å². The van der Waals surface area contributed by atoms with Crippen LogP contribution in [0.2, 0.25) is 0 Å². The minimum absolute atomic E-state index is 0.148. The second kappa shape index (κ2) is 5.73. The second-order valence-electron chi connectivity index (χ2n) is 2.20. The standard InChI is InChI=1S/C6H7NO2S.BH3O3/c7-10(8,9)6-4-2-1-3-5-6;2-1(3)4/h1-5H,(H2,7,8,9);2-4H. The van der Waals surface area contributed by atoms with E-state index in [0.29, 0.717) is 0 Å². The largest absolute Gasteiger partial charge is 0.631 e.